The summed E-state index contributed by atoms with van der Waals surface area (Å²) < 4.78 is 25.7. The number of benzene rings is 1. The average Bonchev–Trinajstić information content (AvgIpc) is 2.32. The van der Waals surface area contributed by atoms with Crippen molar-refractivity contribution in [2.45, 2.75) is 36.8 Å². The van der Waals surface area contributed by atoms with Crippen molar-refractivity contribution in [2.75, 3.05) is 6.61 Å². The van der Waals surface area contributed by atoms with Gasteiger partial charge in [0.05, 0.1) is 0 Å². The van der Waals surface area contributed by atoms with Gasteiger partial charge in [-0.1, -0.05) is 38.8 Å². The minimum Gasteiger partial charge on any atom is -0.485 e. The molecule has 0 aliphatic heterocycles. The molecule has 2 nitrogen and oxygen atoms in total. The maximum absolute atomic E-state index is 13.6. The van der Waals surface area contributed by atoms with Crippen LogP contribution in [0.3, 0.4) is 0 Å². The Morgan fingerprint density at radius 2 is 2.22 bits per heavy atom. The number of ether oxygens (including phenoxy) is 2. The van der Waals surface area contributed by atoms with Gasteiger partial charge < -0.3 is 9.47 Å². The van der Waals surface area contributed by atoms with Crippen LogP contribution in [0.5, 0.6) is 5.75 Å². The molecule has 1 aliphatic rings. The molecule has 1 saturated carbocycles. The van der Waals surface area contributed by atoms with Crippen LogP contribution in [0.15, 0.2) is 22.7 Å². The van der Waals surface area contributed by atoms with Gasteiger partial charge in [0, 0.05) is 22.3 Å². The van der Waals surface area contributed by atoms with Gasteiger partial charge in [0.1, 0.15) is 12.2 Å². The average molecular weight is 382 g/mol. The van der Waals surface area contributed by atoms with E-state index in [-0.39, 0.29) is 23.8 Å². The van der Waals surface area contributed by atoms with Crippen LogP contribution in [0.4, 0.5) is 4.39 Å². The van der Waals surface area contributed by atoms with Gasteiger partial charge in [0.25, 0.3) is 0 Å². The summed E-state index contributed by atoms with van der Waals surface area (Å²) in [7, 11) is 0. The van der Waals surface area contributed by atoms with Gasteiger partial charge in [-0.3, -0.25) is 0 Å². The molecule has 1 aromatic carbocycles. The van der Waals surface area contributed by atoms with Gasteiger partial charge in [0.15, 0.2) is 11.6 Å². The Bertz CT molecular complexity index is 414. The fourth-order valence-electron chi connectivity index (χ4n) is 1.84. The number of alkyl halides is 1. The van der Waals surface area contributed by atoms with Crippen molar-refractivity contribution >= 4 is 31.9 Å². The van der Waals surface area contributed by atoms with Gasteiger partial charge >= 0.3 is 0 Å². The fourth-order valence-corrected chi connectivity index (χ4v) is 3.04. The molecule has 0 heterocycles. The summed E-state index contributed by atoms with van der Waals surface area (Å²) in [5.74, 6) is -0.0654. The molecular weight excluding hydrogens is 367 g/mol. The van der Waals surface area contributed by atoms with Crippen LogP contribution in [-0.4, -0.2) is 23.6 Å². The molecule has 0 saturated heterocycles. The molecule has 3 atom stereocenters. The first kappa shape index (κ1) is 14.3. The van der Waals surface area contributed by atoms with Crippen molar-refractivity contribution in [3.63, 3.8) is 0 Å². The third-order valence-electron chi connectivity index (χ3n) is 2.87. The van der Waals surface area contributed by atoms with Gasteiger partial charge in [-0.25, -0.2) is 4.39 Å². The summed E-state index contributed by atoms with van der Waals surface area (Å²) in [6, 6.07) is 4.81. The molecule has 0 aromatic heterocycles. The van der Waals surface area contributed by atoms with Crippen LogP contribution in [-0.2, 0) is 4.74 Å². The van der Waals surface area contributed by atoms with Gasteiger partial charge in [-0.2, -0.15) is 0 Å². The molecule has 0 N–H and O–H groups in total. The molecule has 2 rings (SSSR count). The highest BCUT2D eigenvalue weighted by Gasteiger charge is 2.42. The van der Waals surface area contributed by atoms with Crippen molar-refractivity contribution in [1.29, 1.82) is 0 Å². The fraction of sp³-hybridized carbons (Fsp3) is 0.538. The monoisotopic (exact) mass is 380 g/mol. The van der Waals surface area contributed by atoms with Crippen LogP contribution in [0.1, 0.15) is 19.8 Å². The summed E-state index contributed by atoms with van der Waals surface area (Å²) in [6.45, 7) is 2.77. The molecule has 1 fully saturated rings. The Morgan fingerprint density at radius 1 is 1.44 bits per heavy atom. The second-order valence-corrected chi connectivity index (χ2v) is 6.41. The molecule has 18 heavy (non-hydrogen) atoms. The van der Waals surface area contributed by atoms with Crippen molar-refractivity contribution in [1.82, 2.24) is 0 Å². The van der Waals surface area contributed by atoms with E-state index >= 15 is 0 Å². The Morgan fingerprint density at radius 3 is 2.83 bits per heavy atom. The van der Waals surface area contributed by atoms with Gasteiger partial charge in [0.2, 0.25) is 0 Å². The van der Waals surface area contributed by atoms with Gasteiger partial charge in [-0.15, -0.1) is 0 Å². The van der Waals surface area contributed by atoms with E-state index in [0.29, 0.717) is 15.9 Å². The second kappa shape index (κ2) is 6.35. The van der Waals surface area contributed by atoms with Gasteiger partial charge in [-0.05, 0) is 24.6 Å². The normalized spacial score (nSPS) is 26.8. The molecule has 1 aliphatic carbocycles. The maximum atomic E-state index is 13.6. The Hall–Kier alpha value is -0.130. The third-order valence-corrected chi connectivity index (χ3v) is 4.26. The number of hydrogen-bond acceptors (Lipinski definition) is 2. The van der Waals surface area contributed by atoms with E-state index < -0.39 is 0 Å². The zero-order chi connectivity index (χ0) is 13.1. The zero-order valence-electron chi connectivity index (χ0n) is 10.0. The van der Waals surface area contributed by atoms with E-state index in [2.05, 4.69) is 38.8 Å². The van der Waals surface area contributed by atoms with E-state index in [0.717, 1.165) is 12.8 Å². The Balaban J connectivity index is 1.96. The lowest BCUT2D eigenvalue weighted by atomic mass is 9.91. The summed E-state index contributed by atoms with van der Waals surface area (Å²) in [6.07, 6.45) is 1.74. The summed E-state index contributed by atoms with van der Waals surface area (Å²) in [5.41, 5.74) is 0. The van der Waals surface area contributed by atoms with Crippen molar-refractivity contribution < 1.29 is 13.9 Å². The predicted octanol–water partition coefficient (Wildman–Crippen LogP) is 4.30. The molecule has 100 valence electrons. The van der Waals surface area contributed by atoms with Crippen LogP contribution in [0.25, 0.3) is 0 Å². The largest absolute Gasteiger partial charge is 0.485 e. The van der Waals surface area contributed by atoms with Crippen LogP contribution >= 0.6 is 31.9 Å². The Kier molecular flexibility index (Phi) is 5.04. The Labute approximate surface area is 123 Å². The van der Waals surface area contributed by atoms with Crippen molar-refractivity contribution in [2.24, 2.45) is 0 Å². The quantitative estimate of drug-likeness (QED) is 0.708. The van der Waals surface area contributed by atoms with Crippen LogP contribution in [0, 0.1) is 5.82 Å². The first-order chi connectivity index (χ1) is 8.61. The van der Waals surface area contributed by atoms with Crippen molar-refractivity contribution in [3.8, 4) is 5.75 Å². The lowest BCUT2D eigenvalue weighted by Gasteiger charge is -2.40. The summed E-state index contributed by atoms with van der Waals surface area (Å²) in [4.78, 5) is 0.299. The lowest BCUT2D eigenvalue weighted by Crippen LogP contribution is -2.52. The SMILES string of the molecule is CCCOC1C(Br)CC1Oc1ccc(Br)cc1F. The van der Waals surface area contributed by atoms with E-state index in [1.807, 2.05) is 0 Å². The second-order valence-electron chi connectivity index (χ2n) is 4.32. The van der Waals surface area contributed by atoms with E-state index in [1.54, 1.807) is 12.1 Å². The first-order valence-corrected chi connectivity index (χ1v) is 7.70. The minimum atomic E-state index is -0.350. The molecule has 0 spiro atoms. The first-order valence-electron chi connectivity index (χ1n) is 5.99. The molecule has 5 heteroatoms. The topological polar surface area (TPSA) is 18.5 Å². The molecular formula is C13H15Br2FO2. The highest BCUT2D eigenvalue weighted by Crippen LogP contribution is 2.35. The zero-order valence-corrected chi connectivity index (χ0v) is 13.2. The number of halogens is 3. The highest BCUT2D eigenvalue weighted by atomic mass is 79.9. The smallest absolute Gasteiger partial charge is 0.166 e. The standard InChI is InChI=1S/C13H15Br2FO2/c1-2-5-17-13-9(15)7-12(13)18-11-4-3-8(14)6-10(11)16/h3-4,6,9,12-13H,2,5,7H2,1H3. The van der Waals surface area contributed by atoms with E-state index in [1.165, 1.54) is 6.07 Å². The van der Waals surface area contributed by atoms with Crippen LogP contribution < -0.4 is 4.74 Å². The summed E-state index contributed by atoms with van der Waals surface area (Å²) >= 11 is 6.76. The highest BCUT2D eigenvalue weighted by molar-refractivity contribution is 9.10. The predicted molar refractivity (Wildman–Crippen MR) is 75.9 cm³/mol. The maximum Gasteiger partial charge on any atom is 0.166 e. The number of rotatable bonds is 5. The van der Waals surface area contributed by atoms with E-state index in [9.17, 15) is 4.39 Å². The lowest BCUT2D eigenvalue weighted by molar-refractivity contribution is -0.0772. The molecule has 3 unspecified atom stereocenters. The number of hydrogen-bond donors (Lipinski definition) is 0. The molecule has 0 radical (unpaired) electrons. The van der Waals surface area contributed by atoms with E-state index in [4.69, 9.17) is 9.47 Å². The summed E-state index contributed by atoms with van der Waals surface area (Å²) in [5, 5.41) is 0. The van der Waals surface area contributed by atoms with Crippen molar-refractivity contribution in [3.05, 3.63) is 28.5 Å². The molecule has 0 amide bonds. The minimum absolute atomic E-state index is 0.00740. The van der Waals surface area contributed by atoms with Crippen LogP contribution in [0.2, 0.25) is 0 Å². The molecule has 1 aromatic rings. The molecule has 0 bridgehead atoms. The third kappa shape index (κ3) is 3.25.